The maximum Gasteiger partial charge on any atom is 0.307 e. The molecule has 2 aliphatic rings. The number of para-hydroxylation sites is 1. The minimum Gasteiger partial charge on any atom is -0.469 e. The van der Waals surface area contributed by atoms with E-state index < -0.39 is 0 Å². The first-order valence-corrected chi connectivity index (χ1v) is 8.47. The number of ether oxygens (including phenoxy) is 2. The van der Waals surface area contributed by atoms with Crippen molar-refractivity contribution in [2.45, 2.75) is 37.8 Å². The Hall–Kier alpha value is -2.08. The van der Waals surface area contributed by atoms with Gasteiger partial charge in [-0.15, -0.1) is 0 Å². The van der Waals surface area contributed by atoms with Crippen LogP contribution in [0.4, 0.5) is 5.69 Å². The lowest BCUT2D eigenvalue weighted by atomic mass is 10.1. The summed E-state index contributed by atoms with van der Waals surface area (Å²) in [6.45, 7) is 1.57. The smallest absolute Gasteiger partial charge is 0.307 e. The normalized spacial score (nSPS) is 22.3. The summed E-state index contributed by atoms with van der Waals surface area (Å²) in [4.78, 5) is 26.0. The van der Waals surface area contributed by atoms with Gasteiger partial charge in [-0.1, -0.05) is 18.2 Å². The molecule has 6 heteroatoms. The molecule has 3 rings (SSSR count). The van der Waals surface area contributed by atoms with Crippen LogP contribution in [0.25, 0.3) is 0 Å². The van der Waals surface area contributed by atoms with Crippen molar-refractivity contribution >= 4 is 17.6 Å². The molecule has 0 aliphatic carbocycles. The van der Waals surface area contributed by atoms with Crippen LogP contribution in [-0.4, -0.2) is 50.8 Å². The van der Waals surface area contributed by atoms with Gasteiger partial charge in [0, 0.05) is 24.9 Å². The number of rotatable bonds is 6. The summed E-state index contributed by atoms with van der Waals surface area (Å²) in [6, 6.07) is 7.94. The lowest BCUT2D eigenvalue weighted by Gasteiger charge is -2.26. The Kier molecular flexibility index (Phi) is 5.35. The van der Waals surface area contributed by atoms with E-state index in [1.54, 1.807) is 0 Å². The highest BCUT2D eigenvalue weighted by molar-refractivity contribution is 5.83. The Balaban J connectivity index is 1.62. The van der Waals surface area contributed by atoms with Crippen molar-refractivity contribution in [1.29, 1.82) is 0 Å². The third kappa shape index (κ3) is 3.87. The Morgan fingerprint density at radius 3 is 2.96 bits per heavy atom. The SMILES string of the molecule is COC(=O)C[C@@H]1Cc2ccccc2N1CC(=O)NC[C@H]1CCCO1. The van der Waals surface area contributed by atoms with Crippen LogP contribution < -0.4 is 10.2 Å². The number of nitrogens with one attached hydrogen (secondary N) is 1. The number of esters is 1. The van der Waals surface area contributed by atoms with Crippen molar-refractivity contribution in [3.05, 3.63) is 29.8 Å². The molecule has 2 heterocycles. The Morgan fingerprint density at radius 2 is 2.21 bits per heavy atom. The zero-order chi connectivity index (χ0) is 16.9. The van der Waals surface area contributed by atoms with Gasteiger partial charge in [-0.05, 0) is 30.9 Å². The number of anilines is 1. The predicted molar refractivity (Wildman–Crippen MR) is 89.9 cm³/mol. The second kappa shape index (κ2) is 7.66. The maximum atomic E-state index is 12.3. The van der Waals surface area contributed by atoms with Crippen LogP contribution in [0.2, 0.25) is 0 Å². The summed E-state index contributed by atoms with van der Waals surface area (Å²) < 4.78 is 10.3. The van der Waals surface area contributed by atoms with E-state index in [0.717, 1.165) is 31.6 Å². The molecule has 0 unspecified atom stereocenters. The van der Waals surface area contributed by atoms with E-state index in [4.69, 9.17) is 9.47 Å². The zero-order valence-corrected chi connectivity index (χ0v) is 14.0. The minimum absolute atomic E-state index is 0.0386. The molecule has 0 bridgehead atoms. The third-order valence-corrected chi connectivity index (χ3v) is 4.69. The van der Waals surface area contributed by atoms with Gasteiger partial charge in [-0.25, -0.2) is 0 Å². The summed E-state index contributed by atoms with van der Waals surface area (Å²) in [7, 11) is 1.39. The van der Waals surface area contributed by atoms with Gasteiger partial charge in [-0.2, -0.15) is 0 Å². The highest BCUT2D eigenvalue weighted by atomic mass is 16.5. The molecule has 130 valence electrons. The Morgan fingerprint density at radius 1 is 1.38 bits per heavy atom. The molecule has 1 aromatic carbocycles. The molecule has 24 heavy (non-hydrogen) atoms. The van der Waals surface area contributed by atoms with Gasteiger partial charge in [0.05, 0.1) is 26.2 Å². The molecular weight excluding hydrogens is 308 g/mol. The molecule has 0 radical (unpaired) electrons. The van der Waals surface area contributed by atoms with Gasteiger partial charge in [0.1, 0.15) is 0 Å². The minimum atomic E-state index is -0.252. The third-order valence-electron chi connectivity index (χ3n) is 4.69. The average molecular weight is 332 g/mol. The van der Waals surface area contributed by atoms with E-state index in [-0.39, 0.29) is 37.0 Å². The van der Waals surface area contributed by atoms with Gasteiger partial charge in [0.25, 0.3) is 0 Å². The summed E-state index contributed by atoms with van der Waals surface area (Å²) in [5, 5.41) is 2.95. The summed E-state index contributed by atoms with van der Waals surface area (Å²) in [5.74, 6) is -0.297. The lowest BCUT2D eigenvalue weighted by Crippen LogP contribution is -2.43. The number of carbonyl (C=O) groups is 2. The van der Waals surface area contributed by atoms with Crippen molar-refractivity contribution in [2.24, 2.45) is 0 Å². The quantitative estimate of drug-likeness (QED) is 0.795. The standard InChI is InChI=1S/C18H24N2O4/c1-23-18(22)10-14-9-13-5-2-3-7-16(13)20(14)12-17(21)19-11-15-6-4-8-24-15/h2-3,5,7,14-15H,4,6,8-12H2,1H3,(H,19,21)/t14-,15+/m0/s1. The molecule has 6 nitrogen and oxygen atoms in total. The van der Waals surface area contributed by atoms with E-state index in [1.165, 1.54) is 12.7 Å². The first-order chi connectivity index (χ1) is 11.7. The number of hydrogen-bond donors (Lipinski definition) is 1. The van der Waals surface area contributed by atoms with E-state index in [2.05, 4.69) is 5.32 Å². The van der Waals surface area contributed by atoms with Crippen molar-refractivity contribution in [3.63, 3.8) is 0 Å². The van der Waals surface area contributed by atoms with Crippen molar-refractivity contribution in [3.8, 4) is 0 Å². The summed E-state index contributed by atoms with van der Waals surface area (Å²) in [5.41, 5.74) is 2.19. The first kappa shape index (κ1) is 16.8. The molecule has 1 N–H and O–H groups in total. The predicted octanol–water partition coefficient (Wildman–Crippen LogP) is 1.28. The number of amides is 1. The fourth-order valence-electron chi connectivity index (χ4n) is 3.44. The molecule has 0 saturated carbocycles. The van der Waals surface area contributed by atoms with E-state index in [9.17, 15) is 9.59 Å². The second-order valence-corrected chi connectivity index (χ2v) is 6.33. The van der Waals surface area contributed by atoms with Crippen LogP contribution in [0, 0.1) is 0 Å². The van der Waals surface area contributed by atoms with Crippen molar-refractivity contribution < 1.29 is 19.1 Å². The Bertz CT molecular complexity index is 598. The van der Waals surface area contributed by atoms with Gasteiger partial charge in [-0.3, -0.25) is 9.59 Å². The molecular formula is C18H24N2O4. The van der Waals surface area contributed by atoms with Crippen LogP contribution in [0.1, 0.15) is 24.8 Å². The van der Waals surface area contributed by atoms with Crippen LogP contribution >= 0.6 is 0 Å². The number of fused-ring (bicyclic) bond motifs is 1. The molecule has 0 aromatic heterocycles. The van der Waals surface area contributed by atoms with Gasteiger partial charge in [0.2, 0.25) is 5.91 Å². The van der Waals surface area contributed by atoms with Crippen molar-refractivity contribution in [1.82, 2.24) is 5.32 Å². The molecule has 0 spiro atoms. The number of hydrogen-bond acceptors (Lipinski definition) is 5. The average Bonchev–Trinajstić information content (AvgIpc) is 3.21. The van der Waals surface area contributed by atoms with Gasteiger partial charge >= 0.3 is 5.97 Å². The molecule has 2 atom stereocenters. The van der Waals surface area contributed by atoms with Crippen molar-refractivity contribution in [2.75, 3.05) is 31.7 Å². The maximum absolute atomic E-state index is 12.3. The number of nitrogens with zero attached hydrogens (tertiary/aromatic N) is 1. The van der Waals surface area contributed by atoms with Crippen LogP contribution in [0.15, 0.2) is 24.3 Å². The zero-order valence-electron chi connectivity index (χ0n) is 14.0. The highest BCUT2D eigenvalue weighted by Crippen LogP contribution is 2.33. The largest absolute Gasteiger partial charge is 0.469 e. The molecule has 2 aliphatic heterocycles. The lowest BCUT2D eigenvalue weighted by molar-refractivity contribution is -0.141. The number of methoxy groups -OCH3 is 1. The first-order valence-electron chi connectivity index (χ1n) is 8.47. The summed E-state index contributed by atoms with van der Waals surface area (Å²) in [6.07, 6.45) is 3.22. The fraction of sp³-hybridized carbons (Fsp3) is 0.556. The highest BCUT2D eigenvalue weighted by Gasteiger charge is 2.32. The molecule has 1 aromatic rings. The van der Waals surface area contributed by atoms with E-state index in [0.29, 0.717) is 6.54 Å². The number of benzene rings is 1. The Labute approximate surface area is 142 Å². The van der Waals surface area contributed by atoms with E-state index >= 15 is 0 Å². The summed E-state index contributed by atoms with van der Waals surface area (Å²) >= 11 is 0. The van der Waals surface area contributed by atoms with E-state index in [1.807, 2.05) is 29.2 Å². The van der Waals surface area contributed by atoms with Crippen LogP contribution in [0.5, 0.6) is 0 Å². The van der Waals surface area contributed by atoms with Gasteiger partial charge in [0.15, 0.2) is 0 Å². The van der Waals surface area contributed by atoms with Crippen LogP contribution in [0.3, 0.4) is 0 Å². The fourth-order valence-corrected chi connectivity index (χ4v) is 3.44. The molecule has 1 amide bonds. The molecule has 1 fully saturated rings. The molecule has 1 saturated heterocycles. The second-order valence-electron chi connectivity index (χ2n) is 6.33. The monoisotopic (exact) mass is 332 g/mol. The van der Waals surface area contributed by atoms with Gasteiger partial charge < -0.3 is 19.7 Å². The number of carbonyl (C=O) groups excluding carboxylic acids is 2. The van der Waals surface area contributed by atoms with Crippen LogP contribution in [-0.2, 0) is 25.5 Å². The topological polar surface area (TPSA) is 67.9 Å².